The van der Waals surface area contributed by atoms with E-state index in [0.29, 0.717) is 48.8 Å². The molecule has 0 amide bonds. The molecule has 0 saturated heterocycles. The van der Waals surface area contributed by atoms with Gasteiger partial charge in [-0.1, -0.05) is 22.9 Å². The van der Waals surface area contributed by atoms with Crippen molar-refractivity contribution in [3.63, 3.8) is 0 Å². The first-order valence-corrected chi connectivity index (χ1v) is 11.9. The molecule has 27 heavy (non-hydrogen) atoms. The smallest absolute Gasteiger partial charge is 0.147 e. The SMILES string of the molecule is COC[C@@]1(O)CC[C@]2(F)C3CC[C@]4(C)[C@@H](C(=O)CBr)CC[C@H]4[C@@H]3CC[C@@H]2C1. The van der Waals surface area contributed by atoms with Gasteiger partial charge in [0.15, 0.2) is 0 Å². The Labute approximate surface area is 170 Å². The highest BCUT2D eigenvalue weighted by atomic mass is 79.9. The van der Waals surface area contributed by atoms with Gasteiger partial charge in [-0.3, -0.25) is 4.79 Å². The zero-order chi connectivity index (χ0) is 19.4. The molecule has 3 nitrogen and oxygen atoms in total. The standard InChI is InChI=1S/C22H34BrFO3/c1-20-8-7-17-15(16(20)5-6-18(20)19(25)12-23)4-3-14-11-21(26,13-27-2)9-10-22(14,17)24/h14-18,26H,3-13H2,1-2H3/t14-,15+,16+,17?,18-,20+,21-,22-/m1/s1. The van der Waals surface area contributed by atoms with E-state index < -0.39 is 11.3 Å². The van der Waals surface area contributed by atoms with Crippen LogP contribution in [0.25, 0.3) is 0 Å². The van der Waals surface area contributed by atoms with Gasteiger partial charge >= 0.3 is 0 Å². The van der Waals surface area contributed by atoms with Crippen LogP contribution in [0.3, 0.4) is 0 Å². The number of carbonyl (C=O) groups is 1. The van der Waals surface area contributed by atoms with Crippen molar-refractivity contribution in [2.24, 2.45) is 35.0 Å². The fourth-order valence-corrected chi connectivity index (χ4v) is 8.28. The van der Waals surface area contributed by atoms with Gasteiger partial charge in [-0.05, 0) is 86.9 Å². The Morgan fingerprint density at radius 3 is 2.63 bits per heavy atom. The average molecular weight is 445 g/mol. The molecule has 0 aliphatic heterocycles. The number of fused-ring (bicyclic) bond motifs is 5. The van der Waals surface area contributed by atoms with Crippen molar-refractivity contribution in [2.45, 2.75) is 76.0 Å². The number of hydrogen-bond donors (Lipinski definition) is 1. The highest BCUT2D eigenvalue weighted by Gasteiger charge is 2.64. The Bertz CT molecular complexity index is 600. The van der Waals surface area contributed by atoms with Crippen LogP contribution in [-0.2, 0) is 9.53 Å². The molecule has 8 atom stereocenters. The van der Waals surface area contributed by atoms with Crippen LogP contribution >= 0.6 is 15.9 Å². The number of aliphatic hydroxyl groups is 1. The quantitative estimate of drug-likeness (QED) is 0.639. The Morgan fingerprint density at radius 2 is 1.93 bits per heavy atom. The van der Waals surface area contributed by atoms with Crippen LogP contribution in [-0.4, -0.2) is 41.2 Å². The van der Waals surface area contributed by atoms with Crippen molar-refractivity contribution in [3.05, 3.63) is 0 Å². The van der Waals surface area contributed by atoms with Gasteiger partial charge < -0.3 is 9.84 Å². The van der Waals surface area contributed by atoms with E-state index in [0.717, 1.165) is 38.5 Å². The number of carbonyl (C=O) groups excluding carboxylic acids is 1. The molecule has 1 unspecified atom stereocenters. The number of halogens is 2. The number of ether oxygens (including phenoxy) is 1. The Kier molecular flexibility index (Phi) is 5.30. The van der Waals surface area contributed by atoms with E-state index in [1.54, 1.807) is 7.11 Å². The molecule has 0 radical (unpaired) electrons. The maximum Gasteiger partial charge on any atom is 0.147 e. The van der Waals surface area contributed by atoms with Crippen molar-refractivity contribution in [3.8, 4) is 0 Å². The normalized spacial score (nSPS) is 52.0. The van der Waals surface area contributed by atoms with Crippen molar-refractivity contribution < 1.29 is 19.0 Å². The third-order valence-electron chi connectivity index (χ3n) is 9.11. The van der Waals surface area contributed by atoms with Crippen molar-refractivity contribution in [2.75, 3.05) is 19.0 Å². The predicted octanol–water partition coefficient (Wildman–Crippen LogP) is 4.69. The van der Waals surface area contributed by atoms with Gasteiger partial charge in [-0.15, -0.1) is 0 Å². The first-order valence-electron chi connectivity index (χ1n) is 10.8. The van der Waals surface area contributed by atoms with Gasteiger partial charge in [-0.2, -0.15) is 0 Å². The van der Waals surface area contributed by atoms with E-state index in [4.69, 9.17) is 4.74 Å². The van der Waals surface area contributed by atoms with E-state index in [9.17, 15) is 9.90 Å². The van der Waals surface area contributed by atoms with E-state index >= 15 is 4.39 Å². The second kappa shape index (κ2) is 7.05. The summed E-state index contributed by atoms with van der Waals surface area (Å²) in [5.74, 6) is 1.45. The monoisotopic (exact) mass is 444 g/mol. The Balaban J connectivity index is 1.55. The number of methoxy groups -OCH3 is 1. The summed E-state index contributed by atoms with van der Waals surface area (Å²) in [6, 6.07) is 0. The van der Waals surface area contributed by atoms with Gasteiger partial charge in [0.25, 0.3) is 0 Å². The van der Waals surface area contributed by atoms with Crippen LogP contribution in [0.15, 0.2) is 0 Å². The molecule has 0 heterocycles. The molecular formula is C22H34BrFO3. The minimum absolute atomic E-state index is 0.0432. The van der Waals surface area contributed by atoms with Crippen LogP contribution in [0, 0.1) is 35.0 Å². The van der Waals surface area contributed by atoms with Gasteiger partial charge in [-0.25, -0.2) is 4.39 Å². The highest BCUT2D eigenvalue weighted by molar-refractivity contribution is 9.09. The van der Waals surface area contributed by atoms with Gasteiger partial charge in [0, 0.05) is 13.0 Å². The molecular weight excluding hydrogens is 411 g/mol. The third-order valence-corrected chi connectivity index (χ3v) is 9.67. The first-order chi connectivity index (χ1) is 12.8. The molecule has 5 heteroatoms. The highest BCUT2D eigenvalue weighted by Crippen LogP contribution is 2.66. The number of Topliss-reactive ketones (excluding diaryl/α,β-unsaturated/α-hetero) is 1. The van der Waals surface area contributed by atoms with E-state index in [1.807, 2.05) is 0 Å². The summed E-state index contributed by atoms with van der Waals surface area (Å²) in [6.07, 6.45) is 7.36. The molecule has 4 saturated carbocycles. The average Bonchev–Trinajstić information content (AvgIpc) is 2.99. The van der Waals surface area contributed by atoms with Gasteiger partial charge in [0.1, 0.15) is 11.5 Å². The predicted molar refractivity (Wildman–Crippen MR) is 107 cm³/mol. The summed E-state index contributed by atoms with van der Waals surface area (Å²) in [5.41, 5.74) is -1.94. The minimum atomic E-state index is -1.14. The lowest BCUT2D eigenvalue weighted by Gasteiger charge is -2.59. The molecule has 1 N–H and O–H groups in total. The summed E-state index contributed by atoms with van der Waals surface area (Å²) in [4.78, 5) is 12.5. The molecule has 4 aliphatic rings. The molecule has 0 aromatic carbocycles. The van der Waals surface area contributed by atoms with Crippen LogP contribution in [0.4, 0.5) is 4.39 Å². The lowest BCUT2D eigenvalue weighted by molar-refractivity contribution is -0.177. The van der Waals surface area contributed by atoms with E-state index in [1.165, 1.54) is 0 Å². The van der Waals surface area contributed by atoms with E-state index in [2.05, 4.69) is 22.9 Å². The fraction of sp³-hybridized carbons (Fsp3) is 0.955. The molecule has 4 fully saturated rings. The van der Waals surface area contributed by atoms with Crippen LogP contribution in [0.1, 0.15) is 64.7 Å². The molecule has 0 aromatic heterocycles. The van der Waals surface area contributed by atoms with Gasteiger partial charge in [0.05, 0.1) is 17.5 Å². The number of alkyl halides is 2. The van der Waals surface area contributed by atoms with E-state index in [-0.39, 0.29) is 23.2 Å². The lowest BCUT2D eigenvalue weighted by Crippen LogP contribution is -2.59. The van der Waals surface area contributed by atoms with Crippen molar-refractivity contribution in [1.82, 2.24) is 0 Å². The summed E-state index contributed by atoms with van der Waals surface area (Å²) >= 11 is 3.37. The maximum absolute atomic E-state index is 16.4. The maximum atomic E-state index is 16.4. The van der Waals surface area contributed by atoms with Crippen LogP contribution < -0.4 is 0 Å². The number of ketones is 1. The molecule has 4 rings (SSSR count). The van der Waals surface area contributed by atoms with Crippen molar-refractivity contribution in [1.29, 1.82) is 0 Å². The van der Waals surface area contributed by atoms with Crippen LogP contribution in [0.2, 0.25) is 0 Å². The second-order valence-corrected chi connectivity index (χ2v) is 10.8. The first kappa shape index (κ1) is 20.3. The topological polar surface area (TPSA) is 46.5 Å². The number of hydrogen-bond acceptors (Lipinski definition) is 3. The van der Waals surface area contributed by atoms with Crippen LogP contribution in [0.5, 0.6) is 0 Å². The van der Waals surface area contributed by atoms with Gasteiger partial charge in [0.2, 0.25) is 0 Å². The van der Waals surface area contributed by atoms with Crippen molar-refractivity contribution >= 4 is 21.7 Å². The summed E-state index contributed by atoms with van der Waals surface area (Å²) < 4.78 is 21.6. The molecule has 154 valence electrons. The summed E-state index contributed by atoms with van der Waals surface area (Å²) in [6.45, 7) is 2.62. The number of rotatable bonds is 4. The zero-order valence-electron chi connectivity index (χ0n) is 16.7. The second-order valence-electron chi connectivity index (χ2n) is 10.2. The fourth-order valence-electron chi connectivity index (χ4n) is 7.89. The molecule has 0 bridgehead atoms. The minimum Gasteiger partial charge on any atom is -0.387 e. The summed E-state index contributed by atoms with van der Waals surface area (Å²) in [7, 11) is 1.61. The summed E-state index contributed by atoms with van der Waals surface area (Å²) in [5, 5.41) is 11.2. The Morgan fingerprint density at radius 1 is 1.15 bits per heavy atom. The largest absolute Gasteiger partial charge is 0.387 e. The molecule has 0 spiro atoms. The lowest BCUT2D eigenvalue weighted by atomic mass is 9.47. The molecule has 0 aromatic rings. The molecule has 4 aliphatic carbocycles. The zero-order valence-corrected chi connectivity index (χ0v) is 18.3. The third kappa shape index (κ3) is 3.06. The Hall–Kier alpha value is -0.0000000000000000555.